The zero-order chi connectivity index (χ0) is 16.4. The Balaban J connectivity index is 2.04. The van der Waals surface area contributed by atoms with Crippen molar-refractivity contribution in [3.63, 3.8) is 0 Å². The lowest BCUT2D eigenvalue weighted by atomic mass is 10.0. The summed E-state index contributed by atoms with van der Waals surface area (Å²) in [6, 6.07) is 9.67. The van der Waals surface area contributed by atoms with Gasteiger partial charge in [0.25, 0.3) is 0 Å². The Morgan fingerprint density at radius 2 is 1.91 bits per heavy atom. The number of methoxy groups -OCH3 is 1. The molecule has 0 radical (unpaired) electrons. The van der Waals surface area contributed by atoms with Crippen LogP contribution in [-0.2, 0) is 0 Å². The van der Waals surface area contributed by atoms with Gasteiger partial charge in [-0.25, -0.2) is 9.97 Å². The number of aromatic nitrogens is 2. The molecular formula is C19H18N2O2. The maximum Gasteiger partial charge on any atom is 0.220 e. The maximum atomic E-state index is 10.3. The number of phenolic OH excluding ortho intramolecular Hbond substituents is 1. The number of nitrogens with zero attached hydrogens (tertiary/aromatic N) is 2. The van der Waals surface area contributed by atoms with E-state index in [4.69, 9.17) is 4.74 Å². The Morgan fingerprint density at radius 1 is 1.09 bits per heavy atom. The quantitative estimate of drug-likeness (QED) is 0.790. The number of aryl methyl sites for hydroxylation is 2. The molecule has 23 heavy (non-hydrogen) atoms. The molecule has 116 valence electrons. The minimum atomic E-state index is 0.236. The first-order valence-electron chi connectivity index (χ1n) is 7.37. The average molecular weight is 306 g/mol. The van der Waals surface area contributed by atoms with Crippen LogP contribution in [0.1, 0.15) is 22.4 Å². The number of hydrogen-bond acceptors (Lipinski definition) is 4. The molecule has 0 unspecified atom stereocenters. The summed E-state index contributed by atoms with van der Waals surface area (Å²) in [5.74, 6) is 0.805. The van der Waals surface area contributed by atoms with E-state index < -0.39 is 0 Å². The highest BCUT2D eigenvalue weighted by molar-refractivity contribution is 5.89. The first-order valence-corrected chi connectivity index (χ1v) is 7.37. The summed E-state index contributed by atoms with van der Waals surface area (Å²) in [5.41, 5.74) is 4.21. The van der Waals surface area contributed by atoms with Crippen LogP contribution in [0.25, 0.3) is 23.1 Å². The standard InChI is InChI=1S/C19H18N2O2/c1-12-11-13(2)18(22)17-16(12)9-8-15(21-17)7-6-14-5-4-10-20-19(14)23-3/h4-11,22H,1-3H3. The van der Waals surface area contributed by atoms with Crippen LogP contribution in [0.4, 0.5) is 0 Å². The topological polar surface area (TPSA) is 55.2 Å². The molecule has 0 aliphatic heterocycles. The van der Waals surface area contributed by atoms with Gasteiger partial charge in [-0.05, 0) is 55.3 Å². The molecule has 0 bridgehead atoms. The van der Waals surface area contributed by atoms with Gasteiger partial charge in [-0.15, -0.1) is 0 Å². The molecule has 0 spiro atoms. The highest BCUT2D eigenvalue weighted by Crippen LogP contribution is 2.30. The molecule has 0 saturated carbocycles. The van der Waals surface area contributed by atoms with Gasteiger partial charge in [-0.2, -0.15) is 0 Å². The van der Waals surface area contributed by atoms with E-state index in [9.17, 15) is 5.11 Å². The van der Waals surface area contributed by atoms with Crippen LogP contribution < -0.4 is 4.74 Å². The van der Waals surface area contributed by atoms with Crippen LogP contribution in [-0.4, -0.2) is 22.2 Å². The Labute approximate surface area is 135 Å². The molecule has 0 atom stereocenters. The van der Waals surface area contributed by atoms with Gasteiger partial charge in [0.1, 0.15) is 11.3 Å². The lowest BCUT2D eigenvalue weighted by Gasteiger charge is -2.08. The minimum Gasteiger partial charge on any atom is -0.505 e. The van der Waals surface area contributed by atoms with Gasteiger partial charge >= 0.3 is 0 Å². The summed E-state index contributed by atoms with van der Waals surface area (Å²) >= 11 is 0. The highest BCUT2D eigenvalue weighted by atomic mass is 16.5. The Bertz CT molecular complexity index is 901. The molecule has 3 aromatic rings. The molecule has 4 heteroatoms. The molecule has 2 aromatic heterocycles. The SMILES string of the molecule is COc1ncccc1C=Cc1ccc2c(C)cc(C)c(O)c2n1. The Hall–Kier alpha value is -2.88. The molecule has 1 aromatic carbocycles. The van der Waals surface area contributed by atoms with Crippen molar-refractivity contribution >= 4 is 23.1 Å². The number of phenols is 1. The molecule has 3 rings (SSSR count). The van der Waals surface area contributed by atoms with Crippen LogP contribution in [0.3, 0.4) is 0 Å². The van der Waals surface area contributed by atoms with E-state index in [2.05, 4.69) is 9.97 Å². The lowest BCUT2D eigenvalue weighted by molar-refractivity contribution is 0.397. The lowest BCUT2D eigenvalue weighted by Crippen LogP contribution is -1.91. The van der Waals surface area contributed by atoms with E-state index >= 15 is 0 Å². The van der Waals surface area contributed by atoms with Crippen LogP contribution in [0.2, 0.25) is 0 Å². The molecule has 0 amide bonds. The smallest absolute Gasteiger partial charge is 0.220 e. The summed E-state index contributed by atoms with van der Waals surface area (Å²) < 4.78 is 5.23. The van der Waals surface area contributed by atoms with Crippen molar-refractivity contribution in [2.24, 2.45) is 0 Å². The third kappa shape index (κ3) is 2.88. The van der Waals surface area contributed by atoms with Gasteiger partial charge in [0, 0.05) is 17.1 Å². The average Bonchev–Trinajstić information content (AvgIpc) is 2.58. The van der Waals surface area contributed by atoms with Crippen molar-refractivity contribution in [2.45, 2.75) is 13.8 Å². The predicted octanol–water partition coefficient (Wildman–Crippen LogP) is 4.13. The van der Waals surface area contributed by atoms with Crippen LogP contribution in [0.5, 0.6) is 11.6 Å². The fraction of sp³-hybridized carbons (Fsp3) is 0.158. The number of fused-ring (bicyclic) bond motifs is 1. The minimum absolute atomic E-state index is 0.236. The van der Waals surface area contributed by atoms with Gasteiger partial charge in [0.05, 0.1) is 12.8 Å². The second kappa shape index (κ2) is 6.08. The summed E-state index contributed by atoms with van der Waals surface area (Å²) in [5, 5.41) is 11.2. The van der Waals surface area contributed by atoms with E-state index in [0.717, 1.165) is 27.8 Å². The molecule has 0 aliphatic rings. The first-order chi connectivity index (χ1) is 11.1. The fourth-order valence-corrected chi connectivity index (χ4v) is 2.60. The predicted molar refractivity (Wildman–Crippen MR) is 92.6 cm³/mol. The van der Waals surface area contributed by atoms with E-state index in [1.807, 2.05) is 56.3 Å². The summed E-state index contributed by atoms with van der Waals surface area (Å²) in [7, 11) is 1.59. The number of hydrogen-bond donors (Lipinski definition) is 1. The fourth-order valence-electron chi connectivity index (χ4n) is 2.60. The van der Waals surface area contributed by atoms with Gasteiger partial charge in [0.2, 0.25) is 5.88 Å². The van der Waals surface area contributed by atoms with Gasteiger partial charge in [0.15, 0.2) is 0 Å². The number of pyridine rings is 2. The number of aromatic hydroxyl groups is 1. The van der Waals surface area contributed by atoms with E-state index in [-0.39, 0.29) is 5.75 Å². The van der Waals surface area contributed by atoms with Gasteiger partial charge in [-0.3, -0.25) is 0 Å². The van der Waals surface area contributed by atoms with Crippen molar-refractivity contribution in [1.82, 2.24) is 9.97 Å². The van der Waals surface area contributed by atoms with Crippen LogP contribution in [0, 0.1) is 13.8 Å². The van der Waals surface area contributed by atoms with E-state index in [1.54, 1.807) is 13.3 Å². The van der Waals surface area contributed by atoms with E-state index in [1.165, 1.54) is 0 Å². The second-order valence-electron chi connectivity index (χ2n) is 5.43. The summed E-state index contributed by atoms with van der Waals surface area (Å²) in [4.78, 5) is 8.73. The summed E-state index contributed by atoms with van der Waals surface area (Å²) in [6.45, 7) is 3.90. The highest BCUT2D eigenvalue weighted by Gasteiger charge is 2.08. The molecule has 1 N–H and O–H groups in total. The van der Waals surface area contributed by atoms with Crippen molar-refractivity contribution in [2.75, 3.05) is 7.11 Å². The summed E-state index contributed by atoms with van der Waals surface area (Å²) in [6.07, 6.45) is 5.48. The van der Waals surface area contributed by atoms with Crippen molar-refractivity contribution < 1.29 is 9.84 Å². The normalized spacial score (nSPS) is 11.3. The Morgan fingerprint density at radius 3 is 2.70 bits per heavy atom. The molecule has 0 saturated heterocycles. The van der Waals surface area contributed by atoms with Crippen molar-refractivity contribution in [3.8, 4) is 11.6 Å². The zero-order valence-electron chi connectivity index (χ0n) is 13.4. The first kappa shape index (κ1) is 15.0. The monoisotopic (exact) mass is 306 g/mol. The number of rotatable bonds is 3. The third-order valence-electron chi connectivity index (χ3n) is 3.80. The molecule has 2 heterocycles. The van der Waals surface area contributed by atoms with E-state index in [0.29, 0.717) is 11.4 Å². The number of benzene rings is 1. The van der Waals surface area contributed by atoms with Gasteiger partial charge in [-0.1, -0.05) is 12.1 Å². The zero-order valence-corrected chi connectivity index (χ0v) is 13.4. The maximum absolute atomic E-state index is 10.3. The molecular weight excluding hydrogens is 288 g/mol. The largest absolute Gasteiger partial charge is 0.505 e. The van der Waals surface area contributed by atoms with Crippen molar-refractivity contribution in [1.29, 1.82) is 0 Å². The molecule has 0 fully saturated rings. The van der Waals surface area contributed by atoms with Crippen molar-refractivity contribution in [3.05, 3.63) is 58.9 Å². The molecule has 4 nitrogen and oxygen atoms in total. The number of ether oxygens (including phenoxy) is 1. The van der Waals surface area contributed by atoms with Crippen LogP contribution >= 0.6 is 0 Å². The third-order valence-corrected chi connectivity index (χ3v) is 3.80. The molecule has 0 aliphatic carbocycles. The van der Waals surface area contributed by atoms with Crippen LogP contribution in [0.15, 0.2) is 36.5 Å². The second-order valence-corrected chi connectivity index (χ2v) is 5.43. The van der Waals surface area contributed by atoms with Gasteiger partial charge < -0.3 is 9.84 Å². The Kier molecular flexibility index (Phi) is 3.98.